The molecule has 3 aromatic rings. The van der Waals surface area contributed by atoms with E-state index in [-0.39, 0.29) is 0 Å². The van der Waals surface area contributed by atoms with Gasteiger partial charge in [-0.3, -0.25) is 4.90 Å². The summed E-state index contributed by atoms with van der Waals surface area (Å²) < 4.78 is 23.0. The van der Waals surface area contributed by atoms with Gasteiger partial charge in [-0.25, -0.2) is 0 Å². The molecule has 3 aromatic carbocycles. The summed E-state index contributed by atoms with van der Waals surface area (Å²) in [5.74, 6) is 2.89. The van der Waals surface area contributed by atoms with Crippen molar-refractivity contribution in [1.29, 1.82) is 0 Å². The molecule has 0 unspecified atom stereocenters. The van der Waals surface area contributed by atoms with E-state index in [1.807, 2.05) is 36.4 Å². The summed E-state index contributed by atoms with van der Waals surface area (Å²) in [6.45, 7) is 0.742. The van der Waals surface area contributed by atoms with Crippen LogP contribution in [-0.4, -0.2) is 46.4 Å². The molecule has 6 heteroatoms. The molecule has 0 amide bonds. The average Bonchev–Trinajstić information content (AvgIpc) is 2.93. The van der Waals surface area contributed by atoms with Gasteiger partial charge in [-0.05, 0) is 67.4 Å². The van der Waals surface area contributed by atoms with Gasteiger partial charge >= 0.3 is 0 Å². The highest BCUT2D eigenvalue weighted by molar-refractivity contribution is 5.91. The molecule has 0 saturated heterocycles. The Balaban J connectivity index is 1.94. The third-order valence-electron chi connectivity index (χ3n) is 7.30. The van der Waals surface area contributed by atoms with Crippen LogP contribution < -0.4 is 24.7 Å². The van der Waals surface area contributed by atoms with Gasteiger partial charge in [0.15, 0.2) is 0 Å². The minimum atomic E-state index is 0.562. The Morgan fingerprint density at radius 2 is 1.25 bits per heavy atom. The molecule has 1 saturated carbocycles. The molecular formula is C30H38N2O4. The molecular weight excluding hydrogens is 452 g/mol. The van der Waals surface area contributed by atoms with Crippen molar-refractivity contribution in [3.05, 3.63) is 54.1 Å². The summed E-state index contributed by atoms with van der Waals surface area (Å²) in [6, 6.07) is 16.4. The van der Waals surface area contributed by atoms with Crippen molar-refractivity contribution in [2.75, 3.05) is 41.2 Å². The predicted molar refractivity (Wildman–Crippen MR) is 146 cm³/mol. The SMILES string of the molecule is COc1cccc(OC)c1-c1cc(CN(C)C2CCCCC2)c(N)c(-c2c(OC)cccc2OC)c1. The van der Waals surface area contributed by atoms with Crippen LogP contribution in [0.1, 0.15) is 37.7 Å². The third-order valence-corrected chi connectivity index (χ3v) is 7.30. The molecule has 0 heterocycles. The molecule has 0 radical (unpaired) electrons. The first-order valence-electron chi connectivity index (χ1n) is 12.6. The summed E-state index contributed by atoms with van der Waals surface area (Å²) in [5, 5.41) is 0. The Bertz CT molecular complexity index is 1140. The molecule has 192 valence electrons. The number of rotatable bonds is 9. The van der Waals surface area contributed by atoms with Gasteiger partial charge < -0.3 is 24.7 Å². The number of nitrogens with zero attached hydrogens (tertiary/aromatic N) is 1. The van der Waals surface area contributed by atoms with E-state index < -0.39 is 0 Å². The van der Waals surface area contributed by atoms with Crippen LogP contribution in [0.4, 0.5) is 5.69 Å². The molecule has 1 aliphatic rings. The monoisotopic (exact) mass is 490 g/mol. The van der Waals surface area contributed by atoms with Crippen molar-refractivity contribution < 1.29 is 18.9 Å². The number of nitrogen functional groups attached to an aromatic ring is 1. The smallest absolute Gasteiger partial charge is 0.130 e. The van der Waals surface area contributed by atoms with Gasteiger partial charge in [0.2, 0.25) is 0 Å². The number of anilines is 1. The Labute approximate surface area is 214 Å². The second kappa shape index (κ2) is 11.6. The lowest BCUT2D eigenvalue weighted by Gasteiger charge is -2.32. The first-order chi connectivity index (χ1) is 17.5. The summed E-state index contributed by atoms with van der Waals surface area (Å²) in [7, 11) is 8.89. The molecule has 6 nitrogen and oxygen atoms in total. The molecule has 0 aliphatic heterocycles. The van der Waals surface area contributed by atoms with E-state index in [0.717, 1.165) is 51.5 Å². The maximum Gasteiger partial charge on any atom is 0.130 e. The second-order valence-corrected chi connectivity index (χ2v) is 9.38. The van der Waals surface area contributed by atoms with Gasteiger partial charge in [0.25, 0.3) is 0 Å². The standard InChI is InChI=1S/C30H38N2O4/c1-32(22-11-7-6-8-12-22)19-21-17-20(28-24(33-2)13-9-14-25(28)34-3)18-23(30(21)31)29-26(35-4)15-10-16-27(29)36-5/h9-10,13-18,22H,6-8,11-12,19,31H2,1-5H3. The van der Waals surface area contributed by atoms with Crippen molar-refractivity contribution in [2.24, 2.45) is 0 Å². The largest absolute Gasteiger partial charge is 0.496 e. The number of nitrogens with two attached hydrogens (primary N) is 1. The Morgan fingerprint density at radius 3 is 1.75 bits per heavy atom. The van der Waals surface area contributed by atoms with Gasteiger partial charge in [-0.2, -0.15) is 0 Å². The van der Waals surface area contributed by atoms with Crippen molar-refractivity contribution in [2.45, 2.75) is 44.7 Å². The van der Waals surface area contributed by atoms with E-state index in [1.54, 1.807) is 28.4 Å². The zero-order valence-corrected chi connectivity index (χ0v) is 22.1. The third kappa shape index (κ3) is 5.09. The van der Waals surface area contributed by atoms with Crippen LogP contribution in [0, 0.1) is 0 Å². The number of hydrogen-bond donors (Lipinski definition) is 1. The van der Waals surface area contributed by atoms with Gasteiger partial charge in [-0.1, -0.05) is 31.4 Å². The Kier molecular flexibility index (Phi) is 8.26. The van der Waals surface area contributed by atoms with Gasteiger partial charge in [-0.15, -0.1) is 0 Å². The van der Waals surface area contributed by atoms with Crippen molar-refractivity contribution >= 4 is 5.69 Å². The van der Waals surface area contributed by atoms with Crippen LogP contribution in [0.2, 0.25) is 0 Å². The minimum Gasteiger partial charge on any atom is -0.496 e. The van der Waals surface area contributed by atoms with Crippen LogP contribution in [0.15, 0.2) is 48.5 Å². The summed E-state index contributed by atoms with van der Waals surface area (Å²) in [4.78, 5) is 2.44. The number of methoxy groups -OCH3 is 4. The second-order valence-electron chi connectivity index (χ2n) is 9.38. The maximum absolute atomic E-state index is 6.93. The summed E-state index contributed by atoms with van der Waals surface area (Å²) >= 11 is 0. The fraction of sp³-hybridized carbons (Fsp3) is 0.400. The van der Waals surface area contributed by atoms with E-state index in [0.29, 0.717) is 17.5 Å². The molecule has 1 aliphatic carbocycles. The maximum atomic E-state index is 6.93. The first-order valence-corrected chi connectivity index (χ1v) is 12.6. The summed E-state index contributed by atoms with van der Waals surface area (Å²) in [6.07, 6.45) is 6.35. The minimum absolute atomic E-state index is 0.562. The van der Waals surface area contributed by atoms with E-state index in [2.05, 4.69) is 24.1 Å². The highest BCUT2D eigenvalue weighted by Gasteiger charge is 2.24. The fourth-order valence-corrected chi connectivity index (χ4v) is 5.37. The number of benzene rings is 3. The van der Waals surface area contributed by atoms with Crippen LogP contribution >= 0.6 is 0 Å². The molecule has 4 rings (SSSR count). The molecule has 2 N–H and O–H groups in total. The zero-order chi connectivity index (χ0) is 25.7. The predicted octanol–water partition coefficient (Wildman–Crippen LogP) is 6.40. The van der Waals surface area contributed by atoms with E-state index >= 15 is 0 Å². The molecule has 0 atom stereocenters. The molecule has 0 aromatic heterocycles. The van der Waals surface area contributed by atoms with E-state index in [9.17, 15) is 0 Å². The molecule has 0 bridgehead atoms. The van der Waals surface area contributed by atoms with Crippen molar-refractivity contribution in [3.63, 3.8) is 0 Å². The average molecular weight is 491 g/mol. The zero-order valence-electron chi connectivity index (χ0n) is 22.1. The van der Waals surface area contributed by atoms with E-state index in [4.69, 9.17) is 24.7 Å². The van der Waals surface area contributed by atoms with Crippen LogP contribution in [0.3, 0.4) is 0 Å². The van der Waals surface area contributed by atoms with Gasteiger partial charge in [0.05, 0.1) is 39.6 Å². The normalized spacial score (nSPS) is 14.1. The molecule has 36 heavy (non-hydrogen) atoms. The Morgan fingerprint density at radius 1 is 0.750 bits per heavy atom. The van der Waals surface area contributed by atoms with Crippen molar-refractivity contribution in [1.82, 2.24) is 4.90 Å². The van der Waals surface area contributed by atoms with E-state index in [1.165, 1.54) is 32.1 Å². The lowest BCUT2D eigenvalue weighted by atomic mass is 9.91. The summed E-state index contributed by atoms with van der Waals surface area (Å²) in [5.41, 5.74) is 12.2. The highest BCUT2D eigenvalue weighted by Crippen LogP contribution is 2.47. The first kappa shape index (κ1) is 25.7. The lowest BCUT2D eigenvalue weighted by molar-refractivity contribution is 0.185. The number of ether oxygens (including phenoxy) is 4. The topological polar surface area (TPSA) is 66.2 Å². The van der Waals surface area contributed by atoms with Crippen molar-refractivity contribution in [3.8, 4) is 45.3 Å². The molecule has 0 spiro atoms. The van der Waals surface area contributed by atoms with Gasteiger partial charge in [0, 0.05) is 23.8 Å². The fourth-order valence-electron chi connectivity index (χ4n) is 5.37. The Hall–Kier alpha value is -3.38. The van der Waals surface area contributed by atoms with Crippen LogP contribution in [-0.2, 0) is 6.54 Å². The number of hydrogen-bond acceptors (Lipinski definition) is 6. The quantitative estimate of drug-likeness (QED) is 0.350. The highest BCUT2D eigenvalue weighted by atomic mass is 16.5. The van der Waals surface area contributed by atoms with Crippen LogP contribution in [0.5, 0.6) is 23.0 Å². The molecule has 1 fully saturated rings. The van der Waals surface area contributed by atoms with Gasteiger partial charge in [0.1, 0.15) is 23.0 Å². The van der Waals surface area contributed by atoms with Crippen LogP contribution in [0.25, 0.3) is 22.3 Å². The lowest BCUT2D eigenvalue weighted by Crippen LogP contribution is -2.33.